The standard InChI is InChI=1S/C11H17N3OS/c1-8-6-10(15-2)14-11(12-8)13-9-4-3-5-16-7-9/h6,9H,3-5,7H2,1-2H3,(H,12,13,14). The topological polar surface area (TPSA) is 47.0 Å². The molecule has 1 atom stereocenters. The van der Waals surface area contributed by atoms with Crippen LogP contribution in [0, 0.1) is 6.92 Å². The first kappa shape index (κ1) is 11.5. The lowest BCUT2D eigenvalue weighted by molar-refractivity contribution is 0.396. The van der Waals surface area contributed by atoms with Crippen molar-refractivity contribution in [3.8, 4) is 5.88 Å². The number of ether oxygens (including phenoxy) is 1. The monoisotopic (exact) mass is 239 g/mol. The quantitative estimate of drug-likeness (QED) is 0.875. The highest BCUT2D eigenvalue weighted by Crippen LogP contribution is 2.20. The van der Waals surface area contributed by atoms with Crippen LogP contribution >= 0.6 is 11.8 Å². The molecule has 5 heteroatoms. The van der Waals surface area contributed by atoms with E-state index in [1.807, 2.05) is 24.8 Å². The average molecular weight is 239 g/mol. The summed E-state index contributed by atoms with van der Waals surface area (Å²) in [5.41, 5.74) is 0.929. The van der Waals surface area contributed by atoms with Crippen molar-refractivity contribution in [2.24, 2.45) is 0 Å². The second-order valence-electron chi connectivity index (χ2n) is 3.93. The molecule has 16 heavy (non-hydrogen) atoms. The molecule has 0 radical (unpaired) electrons. The van der Waals surface area contributed by atoms with Gasteiger partial charge in [-0.15, -0.1) is 0 Å². The summed E-state index contributed by atoms with van der Waals surface area (Å²) in [6, 6.07) is 2.33. The van der Waals surface area contributed by atoms with Crippen LogP contribution in [-0.4, -0.2) is 34.6 Å². The van der Waals surface area contributed by atoms with Crippen molar-refractivity contribution in [3.63, 3.8) is 0 Å². The third-order valence-corrected chi connectivity index (χ3v) is 3.75. The predicted molar refractivity (Wildman–Crippen MR) is 67.3 cm³/mol. The van der Waals surface area contributed by atoms with Crippen molar-refractivity contribution in [2.45, 2.75) is 25.8 Å². The van der Waals surface area contributed by atoms with Crippen molar-refractivity contribution < 1.29 is 4.74 Å². The van der Waals surface area contributed by atoms with Crippen LogP contribution in [-0.2, 0) is 0 Å². The van der Waals surface area contributed by atoms with Gasteiger partial charge in [-0.2, -0.15) is 16.7 Å². The van der Waals surface area contributed by atoms with Crippen LogP contribution < -0.4 is 10.1 Å². The van der Waals surface area contributed by atoms with Gasteiger partial charge in [-0.1, -0.05) is 0 Å². The molecule has 0 aromatic carbocycles. The second-order valence-corrected chi connectivity index (χ2v) is 5.08. The molecule has 1 unspecified atom stereocenters. The molecule has 1 aromatic rings. The van der Waals surface area contributed by atoms with Gasteiger partial charge in [-0.05, 0) is 25.5 Å². The van der Waals surface area contributed by atoms with Gasteiger partial charge in [0, 0.05) is 23.6 Å². The molecule has 1 fully saturated rings. The number of aromatic nitrogens is 2. The third-order valence-electron chi connectivity index (χ3n) is 2.53. The molecular formula is C11H17N3OS. The van der Waals surface area contributed by atoms with Gasteiger partial charge in [0.05, 0.1) is 7.11 Å². The van der Waals surface area contributed by atoms with Crippen LogP contribution in [0.2, 0.25) is 0 Å². The summed E-state index contributed by atoms with van der Waals surface area (Å²) in [5.74, 6) is 3.72. The van der Waals surface area contributed by atoms with E-state index < -0.39 is 0 Å². The molecule has 0 spiro atoms. The average Bonchev–Trinajstić information content (AvgIpc) is 2.29. The molecule has 0 amide bonds. The minimum atomic E-state index is 0.491. The molecule has 1 aromatic heterocycles. The Morgan fingerprint density at radius 3 is 3.06 bits per heavy atom. The normalized spacial score (nSPS) is 20.5. The Balaban J connectivity index is 2.04. The molecular weight excluding hydrogens is 222 g/mol. The molecule has 1 aliphatic rings. The first-order chi connectivity index (χ1) is 7.78. The fourth-order valence-electron chi connectivity index (χ4n) is 1.75. The van der Waals surface area contributed by atoms with Gasteiger partial charge in [0.2, 0.25) is 11.8 Å². The highest BCUT2D eigenvalue weighted by Gasteiger charge is 2.14. The first-order valence-corrected chi connectivity index (χ1v) is 6.67. The molecule has 2 rings (SSSR count). The molecule has 1 N–H and O–H groups in total. The molecule has 2 heterocycles. The van der Waals surface area contributed by atoms with Gasteiger partial charge >= 0.3 is 0 Å². The number of methoxy groups -OCH3 is 1. The predicted octanol–water partition coefficient (Wildman–Crippen LogP) is 2.10. The SMILES string of the molecule is COc1cc(C)nc(NC2CCCSC2)n1. The Morgan fingerprint density at radius 1 is 1.50 bits per heavy atom. The van der Waals surface area contributed by atoms with Crippen LogP contribution in [0.1, 0.15) is 18.5 Å². The van der Waals surface area contributed by atoms with Gasteiger partial charge in [0.25, 0.3) is 0 Å². The maximum Gasteiger partial charge on any atom is 0.226 e. The van der Waals surface area contributed by atoms with E-state index in [2.05, 4.69) is 15.3 Å². The fourth-order valence-corrected chi connectivity index (χ4v) is 2.82. The number of hydrogen-bond acceptors (Lipinski definition) is 5. The number of anilines is 1. The van der Waals surface area contributed by atoms with Crippen molar-refractivity contribution in [1.29, 1.82) is 0 Å². The zero-order chi connectivity index (χ0) is 11.4. The Labute approximate surface area is 100 Å². The van der Waals surface area contributed by atoms with E-state index in [4.69, 9.17) is 4.74 Å². The van der Waals surface area contributed by atoms with Crippen LogP contribution in [0.4, 0.5) is 5.95 Å². The van der Waals surface area contributed by atoms with Crippen molar-refractivity contribution in [3.05, 3.63) is 11.8 Å². The van der Waals surface area contributed by atoms with E-state index in [1.54, 1.807) is 7.11 Å². The highest BCUT2D eigenvalue weighted by atomic mass is 32.2. The maximum atomic E-state index is 5.13. The summed E-state index contributed by atoms with van der Waals surface area (Å²) in [6.45, 7) is 1.95. The van der Waals surface area contributed by atoms with Crippen molar-refractivity contribution in [1.82, 2.24) is 9.97 Å². The molecule has 0 saturated carbocycles. The molecule has 1 aliphatic heterocycles. The van der Waals surface area contributed by atoms with Gasteiger partial charge in [0.1, 0.15) is 0 Å². The van der Waals surface area contributed by atoms with Gasteiger partial charge in [-0.25, -0.2) is 4.98 Å². The van der Waals surface area contributed by atoms with E-state index in [1.165, 1.54) is 18.6 Å². The minimum absolute atomic E-state index is 0.491. The van der Waals surface area contributed by atoms with Gasteiger partial charge < -0.3 is 10.1 Å². The van der Waals surface area contributed by atoms with Gasteiger partial charge in [-0.3, -0.25) is 0 Å². The Kier molecular flexibility index (Phi) is 3.88. The van der Waals surface area contributed by atoms with E-state index in [-0.39, 0.29) is 0 Å². The lowest BCUT2D eigenvalue weighted by Crippen LogP contribution is -2.26. The minimum Gasteiger partial charge on any atom is -0.481 e. The highest BCUT2D eigenvalue weighted by molar-refractivity contribution is 7.99. The second kappa shape index (κ2) is 5.39. The third kappa shape index (κ3) is 3.01. The molecule has 0 bridgehead atoms. The number of rotatable bonds is 3. The summed E-state index contributed by atoms with van der Waals surface area (Å²) in [6.07, 6.45) is 2.47. The number of aryl methyl sites for hydroxylation is 1. The van der Waals surface area contributed by atoms with Crippen LogP contribution in [0.3, 0.4) is 0 Å². The number of nitrogens with zero attached hydrogens (tertiary/aromatic N) is 2. The first-order valence-electron chi connectivity index (χ1n) is 5.52. The Morgan fingerprint density at radius 2 is 2.38 bits per heavy atom. The maximum absolute atomic E-state index is 5.13. The lowest BCUT2D eigenvalue weighted by atomic mass is 10.2. The molecule has 4 nitrogen and oxygen atoms in total. The van der Waals surface area contributed by atoms with E-state index in [9.17, 15) is 0 Å². The molecule has 0 aliphatic carbocycles. The zero-order valence-corrected chi connectivity index (χ0v) is 10.5. The molecule has 1 saturated heterocycles. The van der Waals surface area contributed by atoms with Crippen molar-refractivity contribution in [2.75, 3.05) is 23.9 Å². The number of thioether (sulfide) groups is 1. The van der Waals surface area contributed by atoms with E-state index in [0.29, 0.717) is 17.9 Å². The van der Waals surface area contributed by atoms with Crippen LogP contribution in [0.15, 0.2) is 6.07 Å². The van der Waals surface area contributed by atoms with Crippen LogP contribution in [0.25, 0.3) is 0 Å². The lowest BCUT2D eigenvalue weighted by Gasteiger charge is -2.22. The Bertz CT molecular complexity index is 353. The molecule has 88 valence electrons. The smallest absolute Gasteiger partial charge is 0.226 e. The summed E-state index contributed by atoms with van der Waals surface area (Å²) < 4.78 is 5.13. The summed E-state index contributed by atoms with van der Waals surface area (Å²) in [4.78, 5) is 8.66. The number of nitrogens with one attached hydrogen (secondary N) is 1. The Hall–Kier alpha value is -0.970. The van der Waals surface area contributed by atoms with Crippen LogP contribution in [0.5, 0.6) is 5.88 Å². The zero-order valence-electron chi connectivity index (χ0n) is 9.69. The van der Waals surface area contributed by atoms with Gasteiger partial charge in [0.15, 0.2) is 0 Å². The van der Waals surface area contributed by atoms with Crippen molar-refractivity contribution >= 4 is 17.7 Å². The van der Waals surface area contributed by atoms with E-state index in [0.717, 1.165) is 11.4 Å². The summed E-state index contributed by atoms with van der Waals surface area (Å²) in [7, 11) is 1.63. The summed E-state index contributed by atoms with van der Waals surface area (Å²) in [5, 5.41) is 3.37. The summed E-state index contributed by atoms with van der Waals surface area (Å²) >= 11 is 1.99. The largest absolute Gasteiger partial charge is 0.481 e. The number of hydrogen-bond donors (Lipinski definition) is 1. The van der Waals surface area contributed by atoms with E-state index >= 15 is 0 Å². The fraction of sp³-hybridized carbons (Fsp3) is 0.636.